The molecule has 0 N–H and O–H groups in total. The van der Waals surface area contributed by atoms with Crippen molar-refractivity contribution in [1.29, 1.82) is 0 Å². The highest BCUT2D eigenvalue weighted by molar-refractivity contribution is 7.90. The fraction of sp³-hybridized carbons (Fsp3) is 0.200. The van der Waals surface area contributed by atoms with Gasteiger partial charge in [-0.15, -0.1) is 0 Å². The van der Waals surface area contributed by atoms with E-state index in [0.717, 1.165) is 0 Å². The molecule has 9 heteroatoms. The highest BCUT2D eigenvalue weighted by Gasteiger charge is 2.22. The normalized spacial score (nSPS) is 11.6. The van der Waals surface area contributed by atoms with E-state index in [9.17, 15) is 13.2 Å². The molecule has 1 amide bonds. The van der Waals surface area contributed by atoms with E-state index in [-0.39, 0.29) is 10.8 Å². The van der Waals surface area contributed by atoms with Gasteiger partial charge in [0.05, 0.1) is 15.1 Å². The van der Waals surface area contributed by atoms with Crippen LogP contribution in [0.1, 0.15) is 10.4 Å². The summed E-state index contributed by atoms with van der Waals surface area (Å²) in [5, 5.41) is 0.516. The second-order valence-electron chi connectivity index (χ2n) is 8.10. The molecule has 1 aromatic heterocycles. The van der Waals surface area contributed by atoms with Gasteiger partial charge >= 0.3 is 0 Å². The summed E-state index contributed by atoms with van der Waals surface area (Å²) in [6, 6.07) is 21.3. The first-order chi connectivity index (χ1) is 16.2. The van der Waals surface area contributed by atoms with Gasteiger partial charge in [-0.25, -0.2) is 13.4 Å². The number of fused-ring (bicyclic) bond motifs is 1. The first-order valence-corrected chi connectivity index (χ1v) is 13.3. The van der Waals surface area contributed by atoms with Crippen LogP contribution in [0.2, 0.25) is 0 Å². The quantitative estimate of drug-likeness (QED) is 0.353. The molecule has 0 saturated heterocycles. The van der Waals surface area contributed by atoms with Crippen LogP contribution >= 0.6 is 11.3 Å². The molecule has 0 saturated carbocycles. The molecule has 0 aliphatic carbocycles. The summed E-state index contributed by atoms with van der Waals surface area (Å²) in [5.74, 6) is 1.04. The van der Waals surface area contributed by atoms with Crippen molar-refractivity contribution in [2.75, 3.05) is 38.3 Å². The lowest BCUT2D eigenvalue weighted by Gasteiger charge is -2.22. The summed E-state index contributed by atoms with van der Waals surface area (Å²) < 4.78 is 30.5. The van der Waals surface area contributed by atoms with Gasteiger partial charge in [0.25, 0.3) is 5.91 Å². The van der Waals surface area contributed by atoms with Crippen LogP contribution in [-0.4, -0.2) is 57.6 Å². The van der Waals surface area contributed by atoms with Crippen LogP contribution < -0.4 is 9.64 Å². The number of sulfone groups is 1. The molecule has 3 aromatic carbocycles. The third kappa shape index (κ3) is 5.61. The smallest absolute Gasteiger partial charge is 0.260 e. The standard InChI is InChI=1S/C25H25N3O4S2/c1-27(2)14-15-28(25-26-22-13-12-21(34(3,30)31)17-23(22)33-25)24(29)18-8-7-11-20(16-18)32-19-9-5-4-6-10-19/h4-13,16-17H,14-15H2,1-3H3. The minimum Gasteiger partial charge on any atom is -0.457 e. The molecule has 0 atom stereocenters. The summed E-state index contributed by atoms with van der Waals surface area (Å²) >= 11 is 1.30. The van der Waals surface area contributed by atoms with Crippen LogP contribution in [0, 0.1) is 0 Å². The molecule has 0 unspecified atom stereocenters. The molecule has 0 radical (unpaired) electrons. The monoisotopic (exact) mass is 495 g/mol. The number of nitrogens with zero attached hydrogens (tertiary/aromatic N) is 3. The van der Waals surface area contributed by atoms with Gasteiger partial charge in [-0.2, -0.15) is 0 Å². The van der Waals surface area contributed by atoms with E-state index in [4.69, 9.17) is 4.74 Å². The van der Waals surface area contributed by atoms with Crippen LogP contribution in [0.25, 0.3) is 10.2 Å². The Labute approximate surface area is 203 Å². The number of amides is 1. The van der Waals surface area contributed by atoms with Crippen molar-refractivity contribution < 1.29 is 17.9 Å². The van der Waals surface area contributed by atoms with Gasteiger partial charge in [-0.1, -0.05) is 35.6 Å². The molecule has 34 heavy (non-hydrogen) atoms. The summed E-state index contributed by atoms with van der Waals surface area (Å²) in [7, 11) is 0.538. The third-order valence-corrected chi connectivity index (χ3v) is 7.23. The molecule has 0 spiro atoms. The number of carbonyl (C=O) groups is 1. The average Bonchev–Trinajstić information content (AvgIpc) is 3.22. The molecule has 0 aliphatic rings. The predicted octanol–water partition coefficient (Wildman–Crippen LogP) is 4.70. The second kappa shape index (κ2) is 9.92. The Morgan fingerprint density at radius 3 is 2.38 bits per heavy atom. The molecule has 1 heterocycles. The van der Waals surface area contributed by atoms with Crippen molar-refractivity contribution in [2.24, 2.45) is 0 Å². The first-order valence-electron chi connectivity index (χ1n) is 10.6. The van der Waals surface area contributed by atoms with Crippen LogP contribution in [0.4, 0.5) is 5.13 Å². The predicted molar refractivity (Wildman–Crippen MR) is 136 cm³/mol. The van der Waals surface area contributed by atoms with Crippen molar-refractivity contribution in [3.8, 4) is 11.5 Å². The fourth-order valence-corrected chi connectivity index (χ4v) is 5.05. The topological polar surface area (TPSA) is 79.8 Å². The van der Waals surface area contributed by atoms with Crippen LogP contribution in [0.5, 0.6) is 11.5 Å². The Balaban J connectivity index is 1.67. The lowest BCUT2D eigenvalue weighted by atomic mass is 10.2. The average molecular weight is 496 g/mol. The summed E-state index contributed by atoms with van der Waals surface area (Å²) in [5.41, 5.74) is 1.12. The minimum absolute atomic E-state index is 0.206. The molecular formula is C25H25N3O4S2. The molecule has 4 aromatic rings. The Morgan fingerprint density at radius 1 is 0.941 bits per heavy atom. The van der Waals surface area contributed by atoms with E-state index in [1.165, 1.54) is 23.7 Å². The van der Waals surface area contributed by atoms with Crippen molar-refractivity contribution in [1.82, 2.24) is 9.88 Å². The van der Waals surface area contributed by atoms with Gasteiger partial charge in [0, 0.05) is 24.9 Å². The van der Waals surface area contributed by atoms with Gasteiger partial charge in [0.15, 0.2) is 15.0 Å². The number of ether oxygens (including phenoxy) is 1. The van der Waals surface area contributed by atoms with E-state index < -0.39 is 9.84 Å². The maximum Gasteiger partial charge on any atom is 0.260 e. The number of hydrogen-bond donors (Lipinski definition) is 0. The van der Waals surface area contributed by atoms with Gasteiger partial charge in [0.2, 0.25) is 0 Å². The van der Waals surface area contributed by atoms with Crippen molar-refractivity contribution in [3.05, 3.63) is 78.4 Å². The Bertz CT molecular complexity index is 1420. The van der Waals surface area contributed by atoms with E-state index in [0.29, 0.717) is 45.5 Å². The maximum atomic E-state index is 13.6. The second-order valence-corrected chi connectivity index (χ2v) is 11.1. The third-order valence-electron chi connectivity index (χ3n) is 5.08. The van der Waals surface area contributed by atoms with E-state index in [1.807, 2.05) is 49.3 Å². The maximum absolute atomic E-state index is 13.6. The summed E-state index contributed by atoms with van der Waals surface area (Å²) in [6.45, 7) is 1.06. The molecule has 0 bridgehead atoms. The minimum atomic E-state index is -3.34. The zero-order chi connectivity index (χ0) is 24.3. The zero-order valence-electron chi connectivity index (χ0n) is 19.1. The number of aromatic nitrogens is 1. The SMILES string of the molecule is CN(C)CCN(C(=O)c1cccc(Oc2ccccc2)c1)c1nc2ccc(S(C)(=O)=O)cc2s1. The van der Waals surface area contributed by atoms with E-state index >= 15 is 0 Å². The summed E-state index contributed by atoms with van der Waals surface area (Å²) in [4.78, 5) is 22.1. The zero-order valence-corrected chi connectivity index (χ0v) is 20.8. The number of anilines is 1. The Morgan fingerprint density at radius 2 is 1.68 bits per heavy atom. The highest BCUT2D eigenvalue weighted by Crippen LogP contribution is 2.32. The van der Waals surface area contributed by atoms with Crippen LogP contribution in [0.3, 0.4) is 0 Å². The molecular weight excluding hydrogens is 470 g/mol. The number of carbonyl (C=O) groups excluding carboxylic acids is 1. The first kappa shape index (κ1) is 23.9. The van der Waals surface area contributed by atoms with Gasteiger partial charge in [-0.05, 0) is 62.6 Å². The number of para-hydroxylation sites is 1. The highest BCUT2D eigenvalue weighted by atomic mass is 32.2. The lowest BCUT2D eigenvalue weighted by molar-refractivity contribution is 0.0985. The number of hydrogen-bond acceptors (Lipinski definition) is 7. The van der Waals surface area contributed by atoms with Crippen LogP contribution in [-0.2, 0) is 9.84 Å². The Hall–Kier alpha value is -3.27. The number of benzene rings is 3. The van der Waals surface area contributed by atoms with Crippen molar-refractivity contribution in [3.63, 3.8) is 0 Å². The van der Waals surface area contributed by atoms with Crippen molar-refractivity contribution >= 4 is 42.4 Å². The molecule has 176 valence electrons. The number of rotatable bonds is 8. The molecule has 4 rings (SSSR count). The molecule has 0 fully saturated rings. The van der Waals surface area contributed by atoms with Crippen molar-refractivity contribution in [2.45, 2.75) is 4.90 Å². The van der Waals surface area contributed by atoms with Gasteiger partial charge in [-0.3, -0.25) is 9.69 Å². The van der Waals surface area contributed by atoms with Gasteiger partial charge < -0.3 is 9.64 Å². The number of likely N-dealkylation sites (N-methyl/N-ethyl adjacent to an activating group) is 1. The molecule has 7 nitrogen and oxygen atoms in total. The number of thiazole rings is 1. The Kier molecular flexibility index (Phi) is 6.97. The largest absolute Gasteiger partial charge is 0.457 e. The molecule has 0 aliphatic heterocycles. The van der Waals surface area contributed by atoms with Gasteiger partial charge in [0.1, 0.15) is 11.5 Å². The lowest BCUT2D eigenvalue weighted by Crippen LogP contribution is -2.36. The van der Waals surface area contributed by atoms with E-state index in [1.54, 1.807) is 41.3 Å². The summed E-state index contributed by atoms with van der Waals surface area (Å²) in [6.07, 6.45) is 1.17. The van der Waals surface area contributed by atoms with Crippen LogP contribution in [0.15, 0.2) is 77.7 Å². The fourth-order valence-electron chi connectivity index (χ4n) is 3.30. The van der Waals surface area contributed by atoms with E-state index in [2.05, 4.69) is 4.98 Å².